The molecule has 0 bridgehead atoms. The van der Waals surface area contributed by atoms with Gasteiger partial charge in [0.25, 0.3) is 0 Å². The highest BCUT2D eigenvalue weighted by molar-refractivity contribution is 6.25. The zero-order valence-electron chi connectivity index (χ0n) is 17.0. The Labute approximate surface area is 168 Å². The van der Waals surface area contributed by atoms with E-state index >= 15 is 0 Å². The van der Waals surface area contributed by atoms with Crippen molar-refractivity contribution < 1.29 is 28.6 Å². The van der Waals surface area contributed by atoms with Crippen LogP contribution in [-0.2, 0) is 23.8 Å². The summed E-state index contributed by atoms with van der Waals surface area (Å²) in [4.78, 5) is 41.7. The monoisotopic (exact) mass is 406 g/mol. The van der Waals surface area contributed by atoms with Gasteiger partial charge in [0.05, 0.1) is 17.7 Å². The summed E-state index contributed by atoms with van der Waals surface area (Å²) in [5, 5.41) is 3.32. The van der Waals surface area contributed by atoms with Crippen LogP contribution >= 0.6 is 0 Å². The van der Waals surface area contributed by atoms with Crippen molar-refractivity contribution in [3.8, 4) is 0 Å². The number of allylic oxidation sites excluding steroid dienone is 2. The smallest absolute Gasteiger partial charge is 0.404 e. The topological polar surface area (TPSA) is 133 Å². The lowest BCUT2D eigenvalue weighted by molar-refractivity contribution is -0.137. The molecule has 29 heavy (non-hydrogen) atoms. The van der Waals surface area contributed by atoms with Gasteiger partial charge in [-0.05, 0) is 21.0 Å². The number of nitrogens with two attached hydrogens (primary N) is 1. The Balaban J connectivity index is 1.71. The lowest BCUT2D eigenvalue weighted by Gasteiger charge is -2.39. The van der Waals surface area contributed by atoms with E-state index in [1.54, 1.807) is 6.92 Å². The lowest BCUT2D eigenvalue weighted by atomic mass is 9.83. The number of fused-ring (bicyclic) bond motifs is 4. The number of nitrogens with one attached hydrogen (secondary N) is 1. The number of likely N-dealkylation sites (N-methyl/N-ethyl adjacent to an activating group) is 1. The predicted molar refractivity (Wildman–Crippen MR) is 100 cm³/mol. The molecule has 0 aromatic heterocycles. The minimum atomic E-state index is -0.977. The number of rotatable bonds is 7. The molecule has 1 amide bonds. The summed E-state index contributed by atoms with van der Waals surface area (Å²) in [5.41, 5.74) is 5.07. The number of Topliss-reactive ketones (excluding diaryl/α,β-unsaturated/α-hetero) is 2. The zero-order valence-corrected chi connectivity index (χ0v) is 17.0. The van der Waals surface area contributed by atoms with Crippen LogP contribution in [0.3, 0.4) is 0 Å². The third-order valence-electron chi connectivity index (χ3n) is 6.16. The molecule has 3 heterocycles. The maximum atomic E-state index is 13.4. The van der Waals surface area contributed by atoms with Crippen LogP contribution in [0.15, 0.2) is 22.6 Å². The second-order valence-corrected chi connectivity index (χ2v) is 8.03. The molecule has 4 aliphatic rings. The van der Waals surface area contributed by atoms with Gasteiger partial charge in [-0.15, -0.1) is 0 Å². The fraction of sp³-hybridized carbons (Fsp3) is 0.632. The molecule has 0 radical (unpaired) electrons. The molecule has 4 rings (SSSR count). The molecule has 1 aliphatic carbocycles. The van der Waals surface area contributed by atoms with E-state index in [4.69, 9.17) is 19.9 Å². The second-order valence-electron chi connectivity index (χ2n) is 8.03. The summed E-state index contributed by atoms with van der Waals surface area (Å²) in [6.07, 6.45) is -0.945. The summed E-state index contributed by atoms with van der Waals surface area (Å²) < 4.78 is 16.7. The zero-order chi connectivity index (χ0) is 21.1. The number of primary amides is 1. The first-order valence-electron chi connectivity index (χ1n) is 9.57. The van der Waals surface area contributed by atoms with Crippen molar-refractivity contribution in [3.63, 3.8) is 0 Å². The van der Waals surface area contributed by atoms with Crippen LogP contribution in [0, 0.1) is 5.92 Å². The number of piperazine rings is 1. The van der Waals surface area contributed by atoms with Gasteiger partial charge in [0, 0.05) is 37.4 Å². The number of ether oxygens (including phenoxy) is 3. The van der Waals surface area contributed by atoms with E-state index in [1.807, 2.05) is 23.9 Å². The molecule has 2 fully saturated rings. The quantitative estimate of drug-likeness (QED) is 0.402. The molecule has 0 spiro atoms. The van der Waals surface area contributed by atoms with Crippen molar-refractivity contribution in [2.75, 3.05) is 47.5 Å². The second kappa shape index (κ2) is 6.82. The third kappa shape index (κ3) is 2.77. The number of hydrogen-bond donors (Lipinski definition) is 2. The number of carbonyl (C=O) groups is 3. The molecular formula is C19H26N4O6. The highest BCUT2D eigenvalue weighted by atomic mass is 16.6. The number of hydrogen-bond acceptors (Lipinski definition) is 9. The van der Waals surface area contributed by atoms with Crippen LogP contribution in [-0.4, -0.2) is 92.8 Å². The first-order chi connectivity index (χ1) is 13.7. The number of carbonyl (C=O) groups excluding carboxylic acids is 3. The van der Waals surface area contributed by atoms with Crippen LogP contribution in [0.4, 0.5) is 4.79 Å². The molecule has 3 N–H and O–H groups in total. The highest BCUT2D eigenvalue weighted by Crippen LogP contribution is 2.55. The van der Waals surface area contributed by atoms with Gasteiger partial charge < -0.3 is 35.1 Å². The Kier molecular flexibility index (Phi) is 4.67. The summed E-state index contributed by atoms with van der Waals surface area (Å²) in [7, 11) is 5.32. The van der Waals surface area contributed by atoms with E-state index < -0.39 is 17.7 Å². The maximum absolute atomic E-state index is 13.4. The fourth-order valence-corrected chi connectivity index (χ4v) is 4.77. The molecule has 0 saturated carbocycles. The average Bonchev–Trinajstić information content (AvgIpc) is 3.27. The van der Waals surface area contributed by atoms with Crippen LogP contribution in [0.25, 0.3) is 0 Å². The minimum Gasteiger partial charge on any atom is -0.488 e. The number of nitrogens with zero attached hydrogens (tertiary/aromatic N) is 2. The minimum absolute atomic E-state index is 0.0485. The number of methoxy groups -OCH3 is 1. The Bertz CT molecular complexity index is 850. The molecule has 4 atom stereocenters. The van der Waals surface area contributed by atoms with Gasteiger partial charge in [-0.1, -0.05) is 0 Å². The lowest BCUT2D eigenvalue weighted by Crippen LogP contribution is -2.55. The molecule has 10 nitrogen and oxygen atoms in total. The van der Waals surface area contributed by atoms with E-state index in [0.29, 0.717) is 18.8 Å². The van der Waals surface area contributed by atoms with Crippen molar-refractivity contribution in [1.82, 2.24) is 15.1 Å². The summed E-state index contributed by atoms with van der Waals surface area (Å²) in [6, 6.07) is 0.0867. The Hall–Kier alpha value is -2.43. The Morgan fingerprint density at radius 1 is 1.34 bits per heavy atom. The first kappa shape index (κ1) is 19.9. The van der Waals surface area contributed by atoms with Crippen LogP contribution in [0.5, 0.6) is 0 Å². The van der Waals surface area contributed by atoms with Crippen LogP contribution in [0.1, 0.15) is 6.92 Å². The van der Waals surface area contributed by atoms with Crippen LogP contribution < -0.4 is 11.1 Å². The molecule has 3 aliphatic heterocycles. The van der Waals surface area contributed by atoms with Gasteiger partial charge in [-0.2, -0.15) is 0 Å². The molecule has 0 aromatic carbocycles. The van der Waals surface area contributed by atoms with Gasteiger partial charge in [0.1, 0.15) is 13.2 Å². The standard InChI is InChI=1S/C19H26N4O6/c1-9-14(24)13-12(15(25)16(9)28-6-5-22(2)3)10(8-29-18(20)26)19(27-4)17-11(21-17)7-23(13)19/h10-11,17,21H,5-8H2,1-4H3,(H2,20,26)/t10?,11?,17?,19-/m1/s1. The molecule has 0 aromatic rings. The van der Waals surface area contributed by atoms with Crippen LogP contribution in [0.2, 0.25) is 0 Å². The molecule has 10 heteroatoms. The summed E-state index contributed by atoms with van der Waals surface area (Å²) in [5.74, 6) is -1.23. The SMILES string of the molecule is CO[C@@]12C(COC(N)=O)C3=C(C(=O)C(C)=C(OCCN(C)C)C3=O)N1CC1NC12. The van der Waals surface area contributed by atoms with Gasteiger partial charge in [-0.3, -0.25) is 9.59 Å². The van der Waals surface area contributed by atoms with E-state index in [2.05, 4.69) is 5.32 Å². The van der Waals surface area contributed by atoms with Gasteiger partial charge >= 0.3 is 6.09 Å². The number of amides is 1. The van der Waals surface area contributed by atoms with Gasteiger partial charge in [0.15, 0.2) is 11.5 Å². The largest absolute Gasteiger partial charge is 0.488 e. The van der Waals surface area contributed by atoms with E-state index in [0.717, 1.165) is 0 Å². The molecule has 158 valence electrons. The van der Waals surface area contributed by atoms with Crippen molar-refractivity contribution in [3.05, 3.63) is 22.6 Å². The average molecular weight is 406 g/mol. The fourth-order valence-electron chi connectivity index (χ4n) is 4.77. The van der Waals surface area contributed by atoms with E-state index in [9.17, 15) is 14.4 Å². The molecule has 3 unspecified atom stereocenters. The highest BCUT2D eigenvalue weighted by Gasteiger charge is 2.72. The summed E-state index contributed by atoms with van der Waals surface area (Å²) >= 11 is 0. The normalized spacial score (nSPS) is 32.6. The summed E-state index contributed by atoms with van der Waals surface area (Å²) in [6.45, 7) is 2.85. The Morgan fingerprint density at radius 2 is 2.07 bits per heavy atom. The van der Waals surface area contributed by atoms with Crippen molar-refractivity contribution in [1.29, 1.82) is 0 Å². The Morgan fingerprint density at radius 3 is 2.69 bits per heavy atom. The van der Waals surface area contributed by atoms with Crippen molar-refractivity contribution in [2.45, 2.75) is 24.7 Å². The van der Waals surface area contributed by atoms with Crippen molar-refractivity contribution >= 4 is 17.7 Å². The molecular weight excluding hydrogens is 380 g/mol. The third-order valence-corrected chi connectivity index (χ3v) is 6.16. The van der Waals surface area contributed by atoms with E-state index in [-0.39, 0.29) is 53.8 Å². The predicted octanol–water partition coefficient (Wildman–Crippen LogP) is -1.03. The molecule has 2 saturated heterocycles. The number of ketones is 2. The van der Waals surface area contributed by atoms with Gasteiger partial charge in [-0.25, -0.2) is 4.79 Å². The van der Waals surface area contributed by atoms with E-state index in [1.165, 1.54) is 7.11 Å². The van der Waals surface area contributed by atoms with Crippen molar-refractivity contribution in [2.24, 2.45) is 11.7 Å². The van der Waals surface area contributed by atoms with Gasteiger partial charge in [0.2, 0.25) is 11.6 Å². The maximum Gasteiger partial charge on any atom is 0.404 e. The first-order valence-corrected chi connectivity index (χ1v) is 9.57.